The first kappa shape index (κ1) is 17.2. The lowest BCUT2D eigenvalue weighted by Crippen LogP contribution is -2.45. The van der Waals surface area contributed by atoms with Crippen molar-refractivity contribution in [1.82, 2.24) is 10.6 Å². The lowest BCUT2D eigenvalue weighted by Gasteiger charge is -2.20. The number of rotatable bonds is 8. The second kappa shape index (κ2) is 8.41. The summed E-state index contributed by atoms with van der Waals surface area (Å²) in [5, 5.41) is 17.7. The first-order chi connectivity index (χ1) is 9.95. The number of hydrogen-bond acceptors (Lipinski definition) is 4. The minimum absolute atomic E-state index is 0.0517. The average Bonchev–Trinajstić information content (AvgIpc) is 2.97. The maximum atomic E-state index is 11.7. The molecule has 0 aromatic carbocycles. The maximum Gasteiger partial charge on any atom is 0.326 e. The van der Waals surface area contributed by atoms with Gasteiger partial charge in [0.2, 0.25) is 5.91 Å². The lowest BCUT2D eigenvalue weighted by atomic mass is 9.99. The minimum atomic E-state index is -1.04. The van der Waals surface area contributed by atoms with E-state index in [0.29, 0.717) is 12.0 Å². The van der Waals surface area contributed by atoms with Gasteiger partial charge >= 0.3 is 5.97 Å². The molecule has 0 saturated heterocycles. The van der Waals surface area contributed by atoms with Crippen LogP contribution < -0.4 is 10.6 Å². The van der Waals surface area contributed by atoms with Gasteiger partial charge in [-0.25, -0.2) is 4.79 Å². The largest absolute Gasteiger partial charge is 0.480 e. The van der Waals surface area contributed by atoms with Crippen molar-refractivity contribution in [3.8, 4) is 0 Å². The van der Waals surface area contributed by atoms with E-state index in [-0.39, 0.29) is 30.7 Å². The molecule has 2 amide bonds. The molecule has 2 atom stereocenters. The molecule has 0 fully saturated rings. The SMILES string of the molecule is CC[C@H](C)[C@H](NC(=O)CCNC(=O)c1ccsc1)C(=O)O. The van der Waals surface area contributed by atoms with E-state index in [1.165, 1.54) is 11.3 Å². The van der Waals surface area contributed by atoms with Crippen LogP contribution in [0.25, 0.3) is 0 Å². The van der Waals surface area contributed by atoms with Crippen LogP contribution in [0.4, 0.5) is 0 Å². The second-order valence-electron chi connectivity index (χ2n) is 4.79. The summed E-state index contributed by atoms with van der Waals surface area (Å²) in [6.07, 6.45) is 0.711. The van der Waals surface area contributed by atoms with Crippen molar-refractivity contribution >= 4 is 29.1 Å². The molecule has 0 unspecified atom stereocenters. The Kier molecular flexibility index (Phi) is 6.87. The molecule has 1 heterocycles. The molecule has 0 bridgehead atoms. The summed E-state index contributed by atoms with van der Waals surface area (Å²) in [7, 11) is 0. The number of carboxylic acids is 1. The van der Waals surface area contributed by atoms with E-state index in [0.717, 1.165) is 0 Å². The van der Waals surface area contributed by atoms with E-state index in [9.17, 15) is 14.4 Å². The normalized spacial score (nSPS) is 13.2. The standard InChI is InChI=1S/C14H20N2O4S/c1-3-9(2)12(14(19)20)16-11(17)4-6-15-13(18)10-5-7-21-8-10/h5,7-9,12H,3-4,6H2,1-2H3,(H,15,18)(H,16,17)(H,19,20)/t9-,12-/m0/s1. The van der Waals surface area contributed by atoms with Crippen molar-refractivity contribution in [3.63, 3.8) is 0 Å². The highest BCUT2D eigenvalue weighted by Gasteiger charge is 2.24. The van der Waals surface area contributed by atoms with Gasteiger partial charge in [0.15, 0.2) is 0 Å². The van der Waals surface area contributed by atoms with Crippen LogP contribution in [0.3, 0.4) is 0 Å². The zero-order chi connectivity index (χ0) is 15.8. The van der Waals surface area contributed by atoms with E-state index >= 15 is 0 Å². The van der Waals surface area contributed by atoms with E-state index in [2.05, 4.69) is 10.6 Å². The first-order valence-corrected chi connectivity index (χ1v) is 7.72. The zero-order valence-corrected chi connectivity index (χ0v) is 12.9. The van der Waals surface area contributed by atoms with Gasteiger partial charge in [-0.1, -0.05) is 20.3 Å². The third kappa shape index (κ3) is 5.55. The van der Waals surface area contributed by atoms with Crippen molar-refractivity contribution < 1.29 is 19.5 Å². The zero-order valence-electron chi connectivity index (χ0n) is 12.1. The molecule has 7 heteroatoms. The van der Waals surface area contributed by atoms with E-state index < -0.39 is 12.0 Å². The van der Waals surface area contributed by atoms with E-state index in [1.54, 1.807) is 23.8 Å². The fourth-order valence-corrected chi connectivity index (χ4v) is 2.35. The number of hydrogen-bond donors (Lipinski definition) is 3. The monoisotopic (exact) mass is 312 g/mol. The van der Waals surface area contributed by atoms with Crippen LogP contribution in [0, 0.1) is 5.92 Å². The number of carboxylic acid groups (broad SMARTS) is 1. The van der Waals surface area contributed by atoms with Crippen molar-refractivity contribution in [2.75, 3.05) is 6.54 Å². The summed E-state index contributed by atoms with van der Waals surface area (Å²) in [5.74, 6) is -1.80. The van der Waals surface area contributed by atoms with E-state index in [1.807, 2.05) is 6.92 Å². The van der Waals surface area contributed by atoms with Crippen molar-refractivity contribution in [3.05, 3.63) is 22.4 Å². The molecule has 0 radical (unpaired) electrons. The van der Waals surface area contributed by atoms with Gasteiger partial charge in [-0.3, -0.25) is 9.59 Å². The summed E-state index contributed by atoms with van der Waals surface area (Å²) in [6, 6.07) is 0.804. The highest BCUT2D eigenvalue weighted by molar-refractivity contribution is 7.08. The molecule has 0 spiro atoms. The Hall–Kier alpha value is -1.89. The number of carbonyl (C=O) groups excluding carboxylic acids is 2. The van der Waals surface area contributed by atoms with Crippen LogP contribution >= 0.6 is 11.3 Å². The highest BCUT2D eigenvalue weighted by atomic mass is 32.1. The van der Waals surface area contributed by atoms with Gasteiger partial charge in [0, 0.05) is 23.9 Å². The van der Waals surface area contributed by atoms with Crippen LogP contribution in [0.2, 0.25) is 0 Å². The molecule has 6 nitrogen and oxygen atoms in total. The molecule has 21 heavy (non-hydrogen) atoms. The van der Waals surface area contributed by atoms with Gasteiger partial charge in [0.05, 0.1) is 0 Å². The number of aliphatic carboxylic acids is 1. The summed E-state index contributed by atoms with van der Waals surface area (Å²) in [5.41, 5.74) is 0.559. The summed E-state index contributed by atoms with van der Waals surface area (Å²) < 4.78 is 0. The molecule has 0 aliphatic rings. The molecule has 0 saturated carbocycles. The topological polar surface area (TPSA) is 95.5 Å². The average molecular weight is 312 g/mol. The van der Waals surface area contributed by atoms with E-state index in [4.69, 9.17) is 5.11 Å². The predicted molar refractivity (Wildman–Crippen MR) is 80.3 cm³/mol. The summed E-state index contributed by atoms with van der Waals surface area (Å²) in [6.45, 7) is 3.82. The third-order valence-electron chi connectivity index (χ3n) is 3.22. The van der Waals surface area contributed by atoms with Crippen LogP contribution in [-0.4, -0.2) is 35.5 Å². The highest BCUT2D eigenvalue weighted by Crippen LogP contribution is 2.08. The predicted octanol–water partition coefficient (Wildman–Crippen LogP) is 1.48. The quantitative estimate of drug-likeness (QED) is 0.677. The number of carbonyl (C=O) groups is 3. The molecule has 3 N–H and O–H groups in total. The molecule has 1 rings (SSSR count). The molecular weight excluding hydrogens is 292 g/mol. The number of amides is 2. The molecule has 1 aromatic rings. The number of nitrogens with one attached hydrogen (secondary N) is 2. The van der Waals surface area contributed by atoms with Crippen molar-refractivity contribution in [1.29, 1.82) is 0 Å². The Labute approximate surface area is 127 Å². The van der Waals surface area contributed by atoms with Gasteiger partial charge < -0.3 is 15.7 Å². The van der Waals surface area contributed by atoms with Gasteiger partial charge in [-0.05, 0) is 17.4 Å². The number of thiophene rings is 1. The van der Waals surface area contributed by atoms with Crippen molar-refractivity contribution in [2.45, 2.75) is 32.7 Å². The summed E-state index contributed by atoms with van der Waals surface area (Å²) in [4.78, 5) is 34.5. The molecule has 0 aliphatic heterocycles. The Balaban J connectivity index is 2.36. The van der Waals surface area contributed by atoms with Crippen molar-refractivity contribution in [2.24, 2.45) is 5.92 Å². The molecule has 1 aromatic heterocycles. The Morgan fingerprint density at radius 2 is 2.10 bits per heavy atom. The van der Waals surface area contributed by atoms with Crippen LogP contribution in [0.15, 0.2) is 16.8 Å². The maximum absolute atomic E-state index is 11.7. The van der Waals surface area contributed by atoms with Gasteiger partial charge in [0.25, 0.3) is 5.91 Å². The van der Waals surface area contributed by atoms with Crippen LogP contribution in [-0.2, 0) is 9.59 Å². The Morgan fingerprint density at radius 1 is 1.38 bits per heavy atom. The first-order valence-electron chi connectivity index (χ1n) is 6.78. The lowest BCUT2D eigenvalue weighted by molar-refractivity contribution is -0.143. The fraction of sp³-hybridized carbons (Fsp3) is 0.500. The van der Waals surface area contributed by atoms with Gasteiger partial charge in [-0.15, -0.1) is 0 Å². The molecule has 0 aliphatic carbocycles. The van der Waals surface area contributed by atoms with Crippen LogP contribution in [0.1, 0.15) is 37.0 Å². The van der Waals surface area contributed by atoms with Gasteiger partial charge in [0.1, 0.15) is 6.04 Å². The summed E-state index contributed by atoms with van der Waals surface area (Å²) >= 11 is 1.42. The molecular formula is C14H20N2O4S. The van der Waals surface area contributed by atoms with Crippen LogP contribution in [0.5, 0.6) is 0 Å². The third-order valence-corrected chi connectivity index (χ3v) is 3.90. The Bertz CT molecular complexity index is 487. The molecule has 116 valence electrons. The smallest absolute Gasteiger partial charge is 0.326 e. The Morgan fingerprint density at radius 3 is 2.62 bits per heavy atom. The minimum Gasteiger partial charge on any atom is -0.480 e. The fourth-order valence-electron chi connectivity index (χ4n) is 1.71. The van der Waals surface area contributed by atoms with Gasteiger partial charge in [-0.2, -0.15) is 11.3 Å². The second-order valence-corrected chi connectivity index (χ2v) is 5.57.